The summed E-state index contributed by atoms with van der Waals surface area (Å²) in [5.41, 5.74) is 0.998. The highest BCUT2D eigenvalue weighted by atomic mass is 79.9. The Kier molecular flexibility index (Phi) is 4.16. The minimum absolute atomic E-state index is 0.302. The van der Waals surface area contributed by atoms with Crippen molar-refractivity contribution in [1.29, 1.82) is 0 Å². The molecule has 0 radical (unpaired) electrons. The van der Waals surface area contributed by atoms with Crippen LogP contribution in [0.1, 0.15) is 28.7 Å². The van der Waals surface area contributed by atoms with Crippen LogP contribution in [0.3, 0.4) is 0 Å². The molecule has 3 nitrogen and oxygen atoms in total. The second kappa shape index (κ2) is 5.42. The number of alkyl halides is 1. The van der Waals surface area contributed by atoms with Gasteiger partial charge in [0.15, 0.2) is 0 Å². The summed E-state index contributed by atoms with van der Waals surface area (Å²) in [5, 5.41) is 8.27. The first-order valence-corrected chi connectivity index (χ1v) is 7.50. The Labute approximate surface area is 115 Å². The number of aromatic nitrogens is 3. The number of nitrogens with zero attached hydrogens (tertiary/aromatic N) is 3. The van der Waals surface area contributed by atoms with Gasteiger partial charge in [0.05, 0.1) is 20.9 Å². The smallest absolute Gasteiger partial charge is 0.0963 e. The van der Waals surface area contributed by atoms with E-state index >= 15 is 0 Å². The Morgan fingerprint density at radius 1 is 1.50 bits per heavy atom. The molecule has 0 amide bonds. The van der Waals surface area contributed by atoms with Gasteiger partial charge in [-0.2, -0.15) is 0 Å². The number of halogens is 2. The van der Waals surface area contributed by atoms with Crippen molar-refractivity contribution in [3.05, 3.63) is 32.7 Å². The number of hydrogen-bond acceptors (Lipinski definition) is 3. The van der Waals surface area contributed by atoms with Crippen LogP contribution in [0, 0.1) is 0 Å². The van der Waals surface area contributed by atoms with Gasteiger partial charge in [-0.15, -0.1) is 16.4 Å². The molecule has 0 saturated heterocycles. The topological polar surface area (TPSA) is 30.7 Å². The second-order valence-corrected chi connectivity index (χ2v) is 7.08. The van der Waals surface area contributed by atoms with E-state index in [1.54, 1.807) is 11.3 Å². The van der Waals surface area contributed by atoms with E-state index in [9.17, 15) is 0 Å². The standard InChI is InChI=1S/C10H11Br2N3S/c1-2-8(11)9-6-15(14-13-9)5-7-3-4-10(12)16-7/h3-4,6,8H,2,5H2,1H3. The van der Waals surface area contributed by atoms with Crippen molar-refractivity contribution in [2.75, 3.05) is 0 Å². The van der Waals surface area contributed by atoms with Crippen molar-refractivity contribution < 1.29 is 0 Å². The summed E-state index contributed by atoms with van der Waals surface area (Å²) in [5.74, 6) is 0. The second-order valence-electron chi connectivity index (χ2n) is 3.42. The molecule has 1 atom stereocenters. The van der Waals surface area contributed by atoms with E-state index in [4.69, 9.17) is 0 Å². The lowest BCUT2D eigenvalue weighted by atomic mass is 10.3. The van der Waals surface area contributed by atoms with Crippen LogP contribution in [-0.4, -0.2) is 15.0 Å². The van der Waals surface area contributed by atoms with Gasteiger partial charge in [0.1, 0.15) is 0 Å². The predicted octanol–water partition coefficient (Wildman–Crippen LogP) is 4.00. The molecule has 0 aromatic carbocycles. The van der Waals surface area contributed by atoms with Gasteiger partial charge in [-0.25, -0.2) is 4.68 Å². The summed E-state index contributed by atoms with van der Waals surface area (Å²) in [6, 6.07) is 4.15. The summed E-state index contributed by atoms with van der Waals surface area (Å²) in [6.45, 7) is 2.90. The molecule has 0 aliphatic heterocycles. The summed E-state index contributed by atoms with van der Waals surface area (Å²) in [4.78, 5) is 1.57. The fraction of sp³-hybridized carbons (Fsp3) is 0.400. The minimum atomic E-state index is 0.302. The van der Waals surface area contributed by atoms with Gasteiger partial charge < -0.3 is 0 Å². The Morgan fingerprint density at radius 3 is 2.94 bits per heavy atom. The van der Waals surface area contributed by atoms with Gasteiger partial charge in [0.25, 0.3) is 0 Å². The van der Waals surface area contributed by atoms with Gasteiger partial charge in [0.2, 0.25) is 0 Å². The Balaban J connectivity index is 2.08. The van der Waals surface area contributed by atoms with E-state index < -0.39 is 0 Å². The zero-order valence-corrected chi connectivity index (χ0v) is 12.7. The highest BCUT2D eigenvalue weighted by molar-refractivity contribution is 9.11. The molecule has 86 valence electrons. The number of rotatable bonds is 4. The number of thiophene rings is 1. The van der Waals surface area contributed by atoms with Gasteiger partial charge in [-0.05, 0) is 34.5 Å². The highest BCUT2D eigenvalue weighted by Gasteiger charge is 2.09. The van der Waals surface area contributed by atoms with Gasteiger partial charge >= 0.3 is 0 Å². The molecule has 16 heavy (non-hydrogen) atoms. The van der Waals surface area contributed by atoms with Gasteiger partial charge in [-0.1, -0.05) is 28.1 Å². The molecule has 2 rings (SSSR count). The Morgan fingerprint density at radius 2 is 2.31 bits per heavy atom. The molecule has 0 saturated carbocycles. The fourth-order valence-corrected chi connectivity index (χ4v) is 3.02. The van der Waals surface area contributed by atoms with Crippen molar-refractivity contribution in [2.24, 2.45) is 0 Å². The van der Waals surface area contributed by atoms with E-state index in [-0.39, 0.29) is 0 Å². The molecule has 0 fully saturated rings. The average molecular weight is 365 g/mol. The van der Waals surface area contributed by atoms with Crippen LogP contribution >= 0.6 is 43.2 Å². The third kappa shape index (κ3) is 2.93. The van der Waals surface area contributed by atoms with Crippen molar-refractivity contribution in [3.63, 3.8) is 0 Å². The van der Waals surface area contributed by atoms with Crippen LogP contribution in [-0.2, 0) is 6.54 Å². The fourth-order valence-electron chi connectivity index (χ4n) is 1.34. The van der Waals surface area contributed by atoms with Crippen LogP contribution in [0.2, 0.25) is 0 Å². The number of hydrogen-bond donors (Lipinski definition) is 0. The van der Waals surface area contributed by atoms with Crippen molar-refractivity contribution >= 4 is 43.2 Å². The normalized spacial score (nSPS) is 12.9. The van der Waals surface area contributed by atoms with Crippen molar-refractivity contribution in [1.82, 2.24) is 15.0 Å². The third-order valence-electron chi connectivity index (χ3n) is 2.18. The van der Waals surface area contributed by atoms with E-state index in [0.29, 0.717) is 4.83 Å². The van der Waals surface area contributed by atoms with E-state index in [1.807, 2.05) is 10.9 Å². The zero-order chi connectivity index (χ0) is 11.5. The van der Waals surface area contributed by atoms with Gasteiger partial charge in [-0.3, -0.25) is 0 Å². The minimum Gasteiger partial charge on any atom is -0.247 e. The molecular formula is C10H11Br2N3S. The predicted molar refractivity (Wildman–Crippen MR) is 73.1 cm³/mol. The molecule has 6 heteroatoms. The maximum atomic E-state index is 4.15. The van der Waals surface area contributed by atoms with Crippen LogP contribution in [0.15, 0.2) is 22.1 Å². The maximum absolute atomic E-state index is 4.15. The quantitative estimate of drug-likeness (QED) is 0.767. The lowest BCUT2D eigenvalue weighted by molar-refractivity contribution is 0.655. The summed E-state index contributed by atoms with van der Waals surface area (Å²) in [7, 11) is 0. The first kappa shape index (κ1) is 12.3. The summed E-state index contributed by atoms with van der Waals surface area (Å²) >= 11 is 8.74. The molecule has 0 aliphatic rings. The van der Waals surface area contributed by atoms with Crippen molar-refractivity contribution in [3.8, 4) is 0 Å². The molecule has 0 aliphatic carbocycles. The maximum Gasteiger partial charge on any atom is 0.0963 e. The first-order chi connectivity index (χ1) is 7.69. The molecule has 0 spiro atoms. The third-order valence-corrected chi connectivity index (χ3v) is 4.91. The zero-order valence-electron chi connectivity index (χ0n) is 8.73. The van der Waals surface area contributed by atoms with E-state index in [0.717, 1.165) is 22.4 Å². The molecule has 0 bridgehead atoms. The highest BCUT2D eigenvalue weighted by Crippen LogP contribution is 2.25. The lowest BCUT2D eigenvalue weighted by Gasteiger charge is -1.99. The van der Waals surface area contributed by atoms with Crippen LogP contribution in [0.25, 0.3) is 0 Å². The largest absolute Gasteiger partial charge is 0.247 e. The molecule has 0 N–H and O–H groups in total. The van der Waals surface area contributed by atoms with Crippen LogP contribution < -0.4 is 0 Å². The lowest BCUT2D eigenvalue weighted by Crippen LogP contribution is -1.98. The molecular weight excluding hydrogens is 354 g/mol. The summed E-state index contributed by atoms with van der Waals surface area (Å²) < 4.78 is 3.02. The molecule has 2 aromatic heterocycles. The van der Waals surface area contributed by atoms with Crippen LogP contribution in [0.5, 0.6) is 0 Å². The SMILES string of the molecule is CCC(Br)c1cn(Cc2ccc(Br)s2)nn1. The van der Waals surface area contributed by atoms with Crippen LogP contribution in [0.4, 0.5) is 0 Å². The van der Waals surface area contributed by atoms with E-state index in [2.05, 4.69) is 61.2 Å². The molecule has 2 heterocycles. The van der Waals surface area contributed by atoms with E-state index in [1.165, 1.54) is 4.88 Å². The summed E-state index contributed by atoms with van der Waals surface area (Å²) in [6.07, 6.45) is 3.01. The average Bonchev–Trinajstić information content (AvgIpc) is 2.87. The molecule has 1 unspecified atom stereocenters. The Bertz CT molecular complexity index is 466. The Hall–Kier alpha value is -0.200. The first-order valence-electron chi connectivity index (χ1n) is 4.97. The monoisotopic (exact) mass is 363 g/mol. The van der Waals surface area contributed by atoms with Crippen molar-refractivity contribution in [2.45, 2.75) is 24.7 Å². The van der Waals surface area contributed by atoms with Gasteiger partial charge in [0, 0.05) is 11.1 Å². The molecule has 2 aromatic rings.